The molecule has 8 heteroatoms. The fourth-order valence-corrected chi connectivity index (χ4v) is 4.66. The lowest BCUT2D eigenvalue weighted by molar-refractivity contribution is -0.118. The van der Waals surface area contributed by atoms with Gasteiger partial charge in [0.1, 0.15) is 11.5 Å². The van der Waals surface area contributed by atoms with Gasteiger partial charge in [-0.3, -0.25) is 14.2 Å². The number of hydrogen-bond donors (Lipinski definition) is 1. The van der Waals surface area contributed by atoms with Crippen LogP contribution < -0.4 is 15.7 Å². The molecule has 5 aromatic rings. The van der Waals surface area contributed by atoms with Crippen molar-refractivity contribution >= 4 is 34.8 Å². The van der Waals surface area contributed by atoms with E-state index < -0.39 is 0 Å². The number of rotatable bonds is 8. The Morgan fingerprint density at radius 1 is 0.947 bits per heavy atom. The van der Waals surface area contributed by atoms with Gasteiger partial charge in [-0.15, -0.1) is 0 Å². The van der Waals surface area contributed by atoms with E-state index in [0.29, 0.717) is 21.8 Å². The molecule has 0 saturated carbocycles. The number of hydrazone groups is 1. The Morgan fingerprint density at radius 2 is 1.68 bits per heavy atom. The van der Waals surface area contributed by atoms with E-state index in [-0.39, 0.29) is 17.2 Å². The molecule has 4 aromatic carbocycles. The molecule has 1 heterocycles. The number of nitrogens with zero attached hydrogens (tertiary/aromatic N) is 3. The van der Waals surface area contributed by atoms with Gasteiger partial charge in [0.25, 0.3) is 11.5 Å². The molecule has 0 spiro atoms. The van der Waals surface area contributed by atoms with E-state index in [0.717, 1.165) is 22.6 Å². The van der Waals surface area contributed by atoms with Gasteiger partial charge in [0, 0.05) is 0 Å². The Labute approximate surface area is 223 Å². The van der Waals surface area contributed by atoms with E-state index in [1.165, 1.54) is 11.8 Å². The third-order valence-corrected chi connectivity index (χ3v) is 6.61. The van der Waals surface area contributed by atoms with Crippen molar-refractivity contribution in [2.24, 2.45) is 5.10 Å². The number of ether oxygens (including phenoxy) is 1. The van der Waals surface area contributed by atoms with Gasteiger partial charge < -0.3 is 4.74 Å². The first-order valence-electron chi connectivity index (χ1n) is 11.9. The molecular weight excluding hydrogens is 496 g/mol. The highest BCUT2D eigenvalue weighted by atomic mass is 32.2. The predicted octanol–water partition coefficient (Wildman–Crippen LogP) is 5.73. The van der Waals surface area contributed by atoms with Crippen molar-refractivity contribution < 1.29 is 9.53 Å². The Bertz CT molecular complexity index is 1680. The van der Waals surface area contributed by atoms with Gasteiger partial charge in [-0.1, -0.05) is 72.4 Å². The normalized spacial score (nSPS) is 11.1. The van der Waals surface area contributed by atoms with Gasteiger partial charge in [0.15, 0.2) is 5.16 Å². The molecule has 0 unspecified atom stereocenters. The van der Waals surface area contributed by atoms with Crippen LogP contribution in [0, 0.1) is 6.92 Å². The Kier molecular flexibility index (Phi) is 7.61. The maximum Gasteiger partial charge on any atom is 0.266 e. The molecule has 0 aliphatic heterocycles. The zero-order valence-electron chi connectivity index (χ0n) is 20.6. The van der Waals surface area contributed by atoms with Crippen molar-refractivity contribution in [2.45, 2.75) is 12.1 Å². The number of thioether (sulfide) groups is 1. The van der Waals surface area contributed by atoms with E-state index in [1.54, 1.807) is 22.9 Å². The number of hydrogen-bond acceptors (Lipinski definition) is 6. The number of carbonyl (C=O) groups is 1. The van der Waals surface area contributed by atoms with Crippen molar-refractivity contribution in [3.8, 4) is 17.2 Å². The first kappa shape index (κ1) is 25.0. The van der Waals surface area contributed by atoms with Crippen LogP contribution in [-0.2, 0) is 4.79 Å². The summed E-state index contributed by atoms with van der Waals surface area (Å²) in [4.78, 5) is 30.7. The summed E-state index contributed by atoms with van der Waals surface area (Å²) < 4.78 is 7.41. The Morgan fingerprint density at radius 3 is 2.53 bits per heavy atom. The maximum atomic E-state index is 13.4. The van der Waals surface area contributed by atoms with E-state index >= 15 is 0 Å². The minimum Gasteiger partial charge on any atom is -0.457 e. The van der Waals surface area contributed by atoms with Crippen LogP contribution in [0.25, 0.3) is 16.6 Å². The molecular formula is C30H24N4O3S. The summed E-state index contributed by atoms with van der Waals surface area (Å²) in [7, 11) is 0. The third-order valence-electron chi connectivity index (χ3n) is 5.67. The highest BCUT2D eigenvalue weighted by Gasteiger charge is 2.15. The van der Waals surface area contributed by atoms with Crippen LogP contribution in [0.4, 0.5) is 0 Å². The quantitative estimate of drug-likeness (QED) is 0.122. The second-order valence-corrected chi connectivity index (χ2v) is 9.35. The molecule has 38 heavy (non-hydrogen) atoms. The van der Waals surface area contributed by atoms with Crippen molar-refractivity contribution in [2.75, 3.05) is 5.75 Å². The summed E-state index contributed by atoms with van der Waals surface area (Å²) in [5.74, 6) is 1.11. The van der Waals surface area contributed by atoms with Crippen LogP contribution in [0.1, 0.15) is 11.1 Å². The minimum absolute atomic E-state index is 0.0329. The summed E-state index contributed by atoms with van der Waals surface area (Å²) >= 11 is 1.18. The molecule has 0 saturated heterocycles. The molecule has 0 aliphatic rings. The van der Waals surface area contributed by atoms with E-state index in [2.05, 4.69) is 10.5 Å². The van der Waals surface area contributed by atoms with Crippen LogP contribution >= 0.6 is 11.8 Å². The first-order valence-corrected chi connectivity index (χ1v) is 12.9. The molecule has 1 N–H and O–H groups in total. The van der Waals surface area contributed by atoms with Crippen LogP contribution in [0.5, 0.6) is 11.5 Å². The lowest BCUT2D eigenvalue weighted by atomic mass is 10.2. The van der Waals surface area contributed by atoms with Gasteiger partial charge in [-0.2, -0.15) is 5.10 Å². The Balaban J connectivity index is 1.29. The fourth-order valence-electron chi connectivity index (χ4n) is 3.86. The summed E-state index contributed by atoms with van der Waals surface area (Å²) in [5, 5.41) is 5.04. The summed E-state index contributed by atoms with van der Waals surface area (Å²) in [6, 6.07) is 31.7. The first-order chi connectivity index (χ1) is 18.6. The fraction of sp³-hybridized carbons (Fsp3) is 0.0667. The average molecular weight is 521 g/mol. The number of fused-ring (bicyclic) bond motifs is 1. The third kappa shape index (κ3) is 5.82. The molecule has 188 valence electrons. The van der Waals surface area contributed by atoms with E-state index in [1.807, 2.05) is 97.9 Å². The SMILES string of the molecule is Cc1ccccc1-n1c(SCC(=O)N/N=C/c2cccc(Oc3ccccc3)c2)nc2ccccc2c1=O. The highest BCUT2D eigenvalue weighted by Crippen LogP contribution is 2.23. The lowest BCUT2D eigenvalue weighted by Gasteiger charge is -2.14. The summed E-state index contributed by atoms with van der Waals surface area (Å²) in [6.45, 7) is 1.94. The second-order valence-electron chi connectivity index (χ2n) is 8.41. The van der Waals surface area contributed by atoms with E-state index in [9.17, 15) is 9.59 Å². The average Bonchev–Trinajstić information content (AvgIpc) is 2.93. The largest absolute Gasteiger partial charge is 0.457 e. The van der Waals surface area contributed by atoms with Gasteiger partial charge >= 0.3 is 0 Å². The van der Waals surface area contributed by atoms with Crippen LogP contribution in [0.15, 0.2) is 118 Å². The summed E-state index contributed by atoms with van der Waals surface area (Å²) in [5.41, 5.74) is 5.39. The number of benzene rings is 4. The number of aromatic nitrogens is 2. The van der Waals surface area contributed by atoms with Crippen molar-refractivity contribution in [1.29, 1.82) is 0 Å². The topological polar surface area (TPSA) is 85.6 Å². The standard InChI is InChI=1S/C30H24N4O3S/c1-21-10-5-8-17-27(21)34-29(36)25-15-6-7-16-26(25)32-30(34)38-20-28(35)33-31-19-22-11-9-14-24(18-22)37-23-12-3-2-4-13-23/h2-19H,20H2,1H3,(H,33,35)/b31-19+. The number of para-hydroxylation sites is 3. The number of aryl methyl sites for hydroxylation is 1. The van der Waals surface area contributed by atoms with Gasteiger partial charge in [-0.25, -0.2) is 10.4 Å². The van der Waals surface area contributed by atoms with Crippen LogP contribution in [-0.4, -0.2) is 27.4 Å². The second kappa shape index (κ2) is 11.6. The smallest absolute Gasteiger partial charge is 0.266 e. The zero-order valence-corrected chi connectivity index (χ0v) is 21.4. The molecule has 0 aliphatic carbocycles. The van der Waals surface area contributed by atoms with Gasteiger partial charge in [-0.05, 0) is 60.5 Å². The molecule has 0 fully saturated rings. The monoisotopic (exact) mass is 520 g/mol. The van der Waals surface area contributed by atoms with Crippen LogP contribution in [0.3, 0.4) is 0 Å². The lowest BCUT2D eigenvalue weighted by Crippen LogP contribution is -2.24. The minimum atomic E-state index is -0.318. The number of nitrogens with one attached hydrogen (secondary N) is 1. The Hall–Kier alpha value is -4.69. The molecule has 1 aromatic heterocycles. The maximum absolute atomic E-state index is 13.4. The molecule has 0 atom stereocenters. The number of carbonyl (C=O) groups excluding carboxylic acids is 1. The van der Waals surface area contributed by atoms with Crippen molar-refractivity contribution in [3.05, 3.63) is 125 Å². The predicted molar refractivity (Wildman–Crippen MR) is 151 cm³/mol. The van der Waals surface area contributed by atoms with Crippen molar-refractivity contribution in [3.63, 3.8) is 0 Å². The molecule has 0 radical (unpaired) electrons. The zero-order chi connectivity index (χ0) is 26.3. The molecule has 7 nitrogen and oxygen atoms in total. The van der Waals surface area contributed by atoms with Crippen LogP contribution in [0.2, 0.25) is 0 Å². The summed E-state index contributed by atoms with van der Waals surface area (Å²) in [6.07, 6.45) is 1.55. The molecule has 1 amide bonds. The van der Waals surface area contributed by atoms with Crippen molar-refractivity contribution in [1.82, 2.24) is 15.0 Å². The van der Waals surface area contributed by atoms with E-state index in [4.69, 9.17) is 9.72 Å². The van der Waals surface area contributed by atoms with Gasteiger partial charge in [0.2, 0.25) is 0 Å². The molecule has 5 rings (SSSR count). The highest BCUT2D eigenvalue weighted by molar-refractivity contribution is 7.99. The van der Waals surface area contributed by atoms with Gasteiger partial charge in [0.05, 0.1) is 28.6 Å². The molecule has 0 bridgehead atoms. The number of amides is 1.